The molecular weight excluding hydrogens is 288 g/mol. The minimum atomic E-state index is -4.13. The second-order valence-corrected chi connectivity index (χ2v) is 6.50. The minimum absolute atomic E-state index is 0.0194. The van der Waals surface area contributed by atoms with Gasteiger partial charge in [0, 0.05) is 0 Å². The zero-order chi connectivity index (χ0) is 14.2. The maximum Gasteiger partial charge on any atom is 0.524 e. The van der Waals surface area contributed by atoms with E-state index in [1.165, 1.54) is 13.8 Å². The molecule has 0 aliphatic heterocycles. The molecule has 0 rings (SSSR count). The molecule has 0 radical (unpaired) electrons. The van der Waals surface area contributed by atoms with Crippen LogP contribution in [0, 0.1) is 0 Å². The predicted molar refractivity (Wildman–Crippen MR) is 61.9 cm³/mol. The quantitative estimate of drug-likeness (QED) is 0.463. The molecule has 0 unspecified atom stereocenters. The van der Waals surface area contributed by atoms with Gasteiger partial charge in [-0.15, -0.1) is 0 Å². The zero-order valence-electron chi connectivity index (χ0n) is 10.1. The molecule has 0 aromatic heterocycles. The fraction of sp³-hybridized carbons (Fsp3) is 0.875. The Balaban J connectivity index is 4.17. The molecule has 0 aromatic carbocycles. The zero-order valence-corrected chi connectivity index (χ0v) is 11.8. The minimum Gasteiger partial charge on any atom is -0.434 e. The van der Waals surface area contributed by atoms with Crippen LogP contribution in [0.3, 0.4) is 0 Å². The third-order valence-corrected chi connectivity index (χ3v) is 4.11. The van der Waals surface area contributed by atoms with Crippen LogP contribution in [0.5, 0.6) is 0 Å². The van der Waals surface area contributed by atoms with Gasteiger partial charge in [-0.3, -0.25) is 4.18 Å². The van der Waals surface area contributed by atoms with E-state index in [4.69, 9.17) is 0 Å². The molecule has 0 fully saturated rings. The summed E-state index contributed by atoms with van der Waals surface area (Å²) in [6, 6.07) is 0. The van der Waals surface area contributed by atoms with Crippen molar-refractivity contribution in [1.29, 1.82) is 0 Å². The summed E-state index contributed by atoms with van der Waals surface area (Å²) in [5.41, 5.74) is 0. The normalized spacial score (nSPS) is 12.1. The van der Waals surface area contributed by atoms with E-state index in [9.17, 15) is 21.6 Å². The molecule has 0 aliphatic carbocycles. The van der Waals surface area contributed by atoms with Gasteiger partial charge in [0.1, 0.15) is 0 Å². The van der Waals surface area contributed by atoms with E-state index in [1.807, 2.05) is 0 Å². The summed E-state index contributed by atoms with van der Waals surface area (Å²) in [4.78, 5) is 10.8. The van der Waals surface area contributed by atoms with Crippen molar-refractivity contribution < 1.29 is 34.7 Å². The first-order chi connectivity index (χ1) is 8.22. The second-order valence-electron chi connectivity index (χ2n) is 3.05. The van der Waals surface area contributed by atoms with Crippen LogP contribution in [0.15, 0.2) is 0 Å². The van der Waals surface area contributed by atoms with Gasteiger partial charge < -0.3 is 8.92 Å². The summed E-state index contributed by atoms with van der Waals surface area (Å²) in [5.74, 6) is -1.08. The van der Waals surface area contributed by atoms with Crippen LogP contribution in [0.1, 0.15) is 20.3 Å². The molecule has 0 bridgehead atoms. The summed E-state index contributed by atoms with van der Waals surface area (Å²) in [5, 5.41) is 0. The Bertz CT molecular complexity index is 449. The van der Waals surface area contributed by atoms with Crippen molar-refractivity contribution in [3.63, 3.8) is 0 Å². The summed E-state index contributed by atoms with van der Waals surface area (Å²) in [7, 11) is -7.86. The topological polar surface area (TPSA) is 113 Å². The van der Waals surface area contributed by atoms with Gasteiger partial charge in [-0.1, -0.05) is 0 Å². The molecule has 10 heteroatoms. The molecular formula is C8H16O8S2. The second kappa shape index (κ2) is 7.54. The van der Waals surface area contributed by atoms with Crippen LogP contribution in [0.2, 0.25) is 0 Å². The monoisotopic (exact) mass is 304 g/mol. The Hall–Kier alpha value is -0.870. The average Bonchev–Trinajstić information content (AvgIpc) is 2.15. The molecule has 0 saturated carbocycles. The number of hydrogen-bond acceptors (Lipinski definition) is 8. The third-order valence-electron chi connectivity index (χ3n) is 1.54. The Morgan fingerprint density at radius 1 is 0.944 bits per heavy atom. The van der Waals surface area contributed by atoms with Crippen LogP contribution < -0.4 is 0 Å². The fourth-order valence-corrected chi connectivity index (χ4v) is 2.93. The molecule has 0 saturated heterocycles. The smallest absolute Gasteiger partial charge is 0.434 e. The van der Waals surface area contributed by atoms with Gasteiger partial charge in [-0.05, 0) is 20.3 Å². The number of carbonyl (C=O) groups excluding carboxylic acids is 1. The van der Waals surface area contributed by atoms with Gasteiger partial charge in [0.15, 0.2) is 0 Å². The molecule has 108 valence electrons. The van der Waals surface area contributed by atoms with Crippen molar-refractivity contribution in [2.45, 2.75) is 20.3 Å². The van der Waals surface area contributed by atoms with E-state index in [1.54, 1.807) is 0 Å². The molecule has 0 amide bonds. The average molecular weight is 304 g/mol. The van der Waals surface area contributed by atoms with E-state index in [2.05, 4.69) is 13.1 Å². The molecule has 0 N–H and O–H groups in total. The fourth-order valence-electron chi connectivity index (χ4n) is 0.938. The van der Waals surface area contributed by atoms with Crippen LogP contribution in [0.25, 0.3) is 0 Å². The van der Waals surface area contributed by atoms with Crippen LogP contribution in [-0.2, 0) is 33.3 Å². The first kappa shape index (κ1) is 17.1. The van der Waals surface area contributed by atoms with E-state index >= 15 is 0 Å². The molecule has 0 aliphatic rings. The lowest BCUT2D eigenvalue weighted by atomic mass is 10.6. The highest BCUT2D eigenvalue weighted by Crippen LogP contribution is 2.03. The summed E-state index contributed by atoms with van der Waals surface area (Å²) in [6.07, 6.45) is -1.56. The Morgan fingerprint density at radius 2 is 1.50 bits per heavy atom. The van der Waals surface area contributed by atoms with Crippen molar-refractivity contribution >= 4 is 26.4 Å². The summed E-state index contributed by atoms with van der Waals surface area (Å²) >= 11 is 0. The SMILES string of the molecule is CCOC(=O)OS(=O)(=O)CCCS(=O)(=O)OCC. The largest absolute Gasteiger partial charge is 0.524 e. The molecule has 0 spiro atoms. The van der Waals surface area contributed by atoms with Crippen molar-refractivity contribution in [2.24, 2.45) is 0 Å². The van der Waals surface area contributed by atoms with Crippen molar-refractivity contribution in [1.82, 2.24) is 0 Å². The van der Waals surface area contributed by atoms with E-state index in [-0.39, 0.29) is 19.6 Å². The van der Waals surface area contributed by atoms with Crippen molar-refractivity contribution in [3.8, 4) is 0 Å². The summed E-state index contributed by atoms with van der Waals surface area (Å²) in [6.45, 7) is 2.95. The van der Waals surface area contributed by atoms with Gasteiger partial charge in [0.25, 0.3) is 10.1 Å². The predicted octanol–water partition coefficient (Wildman–Crippen LogP) is 0.246. The number of ether oxygens (including phenoxy) is 1. The molecule has 18 heavy (non-hydrogen) atoms. The highest BCUT2D eigenvalue weighted by Gasteiger charge is 2.20. The highest BCUT2D eigenvalue weighted by molar-refractivity contribution is 7.87. The van der Waals surface area contributed by atoms with Crippen molar-refractivity contribution in [2.75, 3.05) is 24.7 Å². The van der Waals surface area contributed by atoms with Gasteiger partial charge >= 0.3 is 16.3 Å². The van der Waals surface area contributed by atoms with E-state index in [0.717, 1.165) is 0 Å². The molecule has 0 heterocycles. The maximum absolute atomic E-state index is 11.2. The highest BCUT2D eigenvalue weighted by atomic mass is 32.2. The molecule has 8 nitrogen and oxygen atoms in total. The standard InChI is InChI=1S/C8H16O8S2/c1-3-14-8(9)16-18(12,13)7-5-6-17(10,11)15-4-2/h3-7H2,1-2H3. The van der Waals surface area contributed by atoms with Crippen LogP contribution in [-0.4, -0.2) is 47.7 Å². The first-order valence-corrected chi connectivity index (χ1v) is 8.34. The Morgan fingerprint density at radius 3 is 2.00 bits per heavy atom. The van der Waals surface area contributed by atoms with Gasteiger partial charge in [-0.25, -0.2) is 4.79 Å². The lowest BCUT2D eigenvalue weighted by Gasteiger charge is -2.05. The maximum atomic E-state index is 11.2. The van der Waals surface area contributed by atoms with Gasteiger partial charge in [0.05, 0.1) is 24.7 Å². The van der Waals surface area contributed by atoms with Crippen LogP contribution in [0.4, 0.5) is 4.79 Å². The number of rotatable bonds is 8. The lowest BCUT2D eigenvalue weighted by molar-refractivity contribution is 0.107. The Kier molecular flexibility index (Phi) is 7.18. The lowest BCUT2D eigenvalue weighted by Crippen LogP contribution is -2.19. The molecule has 0 aromatic rings. The molecule has 0 atom stereocenters. The Labute approximate surface area is 106 Å². The van der Waals surface area contributed by atoms with Crippen LogP contribution >= 0.6 is 0 Å². The number of hydrogen-bond donors (Lipinski definition) is 0. The van der Waals surface area contributed by atoms with Gasteiger partial charge in [0.2, 0.25) is 0 Å². The van der Waals surface area contributed by atoms with E-state index in [0.29, 0.717) is 0 Å². The first-order valence-electron chi connectivity index (χ1n) is 5.18. The van der Waals surface area contributed by atoms with Crippen molar-refractivity contribution in [3.05, 3.63) is 0 Å². The van der Waals surface area contributed by atoms with E-state index < -0.39 is 37.9 Å². The third kappa shape index (κ3) is 8.25. The number of carbonyl (C=O) groups is 1. The van der Waals surface area contributed by atoms with Gasteiger partial charge in [-0.2, -0.15) is 16.8 Å². The summed E-state index contributed by atoms with van der Waals surface area (Å²) < 4.78 is 57.3.